The van der Waals surface area contributed by atoms with E-state index >= 15 is 0 Å². The first-order valence-electron chi connectivity index (χ1n) is 4.17. The Balaban J connectivity index is 2.81. The van der Waals surface area contributed by atoms with E-state index in [4.69, 9.17) is 10.2 Å². The number of rotatable bonds is 2. The van der Waals surface area contributed by atoms with Gasteiger partial charge in [-0.05, 0) is 6.07 Å². The van der Waals surface area contributed by atoms with Crippen molar-refractivity contribution < 1.29 is 19.8 Å². The SMILES string of the molecule is O=C(O)c1cc2ncncc2nc1C(=O)O. The van der Waals surface area contributed by atoms with E-state index in [0.717, 1.165) is 6.07 Å². The Kier molecular flexibility index (Phi) is 2.20. The fourth-order valence-corrected chi connectivity index (χ4v) is 1.24. The number of hydrogen-bond acceptors (Lipinski definition) is 5. The summed E-state index contributed by atoms with van der Waals surface area (Å²) in [5, 5.41) is 17.6. The van der Waals surface area contributed by atoms with E-state index in [1.54, 1.807) is 0 Å². The first-order valence-corrected chi connectivity index (χ1v) is 4.17. The van der Waals surface area contributed by atoms with Crippen LogP contribution in [0.4, 0.5) is 0 Å². The van der Waals surface area contributed by atoms with Crippen LogP contribution in [-0.4, -0.2) is 37.1 Å². The summed E-state index contributed by atoms with van der Waals surface area (Å²) in [5.74, 6) is -2.76. The predicted octanol–water partition coefficient (Wildman–Crippen LogP) is 0.421. The molecule has 2 N–H and O–H groups in total. The minimum atomic E-state index is -1.40. The van der Waals surface area contributed by atoms with Gasteiger partial charge >= 0.3 is 11.9 Å². The number of aromatic carboxylic acids is 2. The van der Waals surface area contributed by atoms with Crippen molar-refractivity contribution in [3.63, 3.8) is 0 Å². The molecule has 0 aromatic carbocycles. The van der Waals surface area contributed by atoms with E-state index in [2.05, 4.69) is 15.0 Å². The van der Waals surface area contributed by atoms with E-state index < -0.39 is 23.2 Å². The average Bonchev–Trinajstić information content (AvgIpc) is 2.27. The molecule has 0 aliphatic heterocycles. The summed E-state index contributed by atoms with van der Waals surface area (Å²) >= 11 is 0. The molecule has 0 atom stereocenters. The first-order chi connectivity index (χ1) is 7.59. The summed E-state index contributed by atoms with van der Waals surface area (Å²) in [4.78, 5) is 32.8. The lowest BCUT2D eigenvalue weighted by Gasteiger charge is -2.02. The van der Waals surface area contributed by atoms with Crippen LogP contribution in [0.2, 0.25) is 0 Å². The van der Waals surface area contributed by atoms with Crippen molar-refractivity contribution in [2.24, 2.45) is 0 Å². The zero-order valence-electron chi connectivity index (χ0n) is 7.78. The molecular formula is C9H5N3O4. The first kappa shape index (κ1) is 9.97. The van der Waals surface area contributed by atoms with Crippen LogP contribution >= 0.6 is 0 Å². The third-order valence-electron chi connectivity index (χ3n) is 1.92. The van der Waals surface area contributed by atoms with E-state index in [1.165, 1.54) is 12.5 Å². The van der Waals surface area contributed by atoms with Crippen molar-refractivity contribution in [2.75, 3.05) is 0 Å². The van der Waals surface area contributed by atoms with E-state index in [9.17, 15) is 9.59 Å². The largest absolute Gasteiger partial charge is 0.478 e. The van der Waals surface area contributed by atoms with Gasteiger partial charge in [0.1, 0.15) is 11.8 Å². The normalized spacial score (nSPS) is 10.2. The zero-order chi connectivity index (χ0) is 11.7. The number of hydrogen-bond donors (Lipinski definition) is 2. The lowest BCUT2D eigenvalue weighted by Crippen LogP contribution is -2.11. The Morgan fingerprint density at radius 2 is 1.88 bits per heavy atom. The van der Waals surface area contributed by atoms with Gasteiger partial charge in [-0.3, -0.25) is 0 Å². The molecule has 0 aliphatic rings. The van der Waals surface area contributed by atoms with Gasteiger partial charge in [-0.15, -0.1) is 0 Å². The van der Waals surface area contributed by atoms with Crippen molar-refractivity contribution in [1.82, 2.24) is 15.0 Å². The second-order valence-electron chi connectivity index (χ2n) is 2.92. The number of carboxylic acid groups (broad SMARTS) is 2. The molecule has 2 heterocycles. The molecule has 2 aromatic heterocycles. The molecule has 80 valence electrons. The van der Waals surface area contributed by atoms with Crippen LogP contribution in [0, 0.1) is 0 Å². The highest BCUT2D eigenvalue weighted by molar-refractivity contribution is 6.02. The van der Waals surface area contributed by atoms with Gasteiger partial charge in [-0.25, -0.2) is 24.5 Å². The third-order valence-corrected chi connectivity index (χ3v) is 1.92. The Morgan fingerprint density at radius 1 is 1.12 bits per heavy atom. The zero-order valence-corrected chi connectivity index (χ0v) is 7.78. The molecule has 0 spiro atoms. The smallest absolute Gasteiger partial charge is 0.355 e. The van der Waals surface area contributed by atoms with Gasteiger partial charge in [0.2, 0.25) is 0 Å². The number of pyridine rings is 1. The summed E-state index contributed by atoms with van der Waals surface area (Å²) in [6.45, 7) is 0. The molecule has 0 radical (unpaired) electrons. The quantitative estimate of drug-likeness (QED) is 0.752. The standard InChI is InChI=1S/C9H5N3O4/c13-8(14)4-1-5-6(2-10-3-11-5)12-7(4)9(15)16/h1-3H,(H,13,14)(H,15,16). The highest BCUT2D eigenvalue weighted by atomic mass is 16.4. The van der Waals surface area contributed by atoms with Crippen LogP contribution < -0.4 is 0 Å². The number of carboxylic acids is 2. The van der Waals surface area contributed by atoms with Gasteiger partial charge in [-0.1, -0.05) is 0 Å². The Morgan fingerprint density at radius 3 is 2.50 bits per heavy atom. The Bertz CT molecular complexity index is 544. The fraction of sp³-hybridized carbons (Fsp3) is 0. The lowest BCUT2D eigenvalue weighted by atomic mass is 10.1. The summed E-state index contributed by atoms with van der Waals surface area (Å²) in [7, 11) is 0. The molecule has 0 fully saturated rings. The Hall–Kier alpha value is -2.57. The maximum Gasteiger partial charge on any atom is 0.355 e. The molecule has 16 heavy (non-hydrogen) atoms. The topological polar surface area (TPSA) is 113 Å². The average molecular weight is 219 g/mol. The van der Waals surface area contributed by atoms with Crippen LogP contribution in [0.25, 0.3) is 11.0 Å². The minimum absolute atomic E-state index is 0.241. The predicted molar refractivity (Wildman–Crippen MR) is 51.3 cm³/mol. The summed E-state index contributed by atoms with van der Waals surface area (Å²) in [5.41, 5.74) is -0.379. The minimum Gasteiger partial charge on any atom is -0.478 e. The molecule has 0 saturated carbocycles. The second kappa shape index (κ2) is 3.54. The number of carbonyl (C=O) groups is 2. The monoisotopic (exact) mass is 219 g/mol. The van der Waals surface area contributed by atoms with Gasteiger partial charge in [0, 0.05) is 0 Å². The molecule has 7 nitrogen and oxygen atoms in total. The van der Waals surface area contributed by atoms with Gasteiger partial charge in [-0.2, -0.15) is 0 Å². The van der Waals surface area contributed by atoms with E-state index in [0.29, 0.717) is 0 Å². The van der Waals surface area contributed by atoms with Gasteiger partial charge in [0.15, 0.2) is 5.69 Å². The number of aromatic nitrogens is 3. The van der Waals surface area contributed by atoms with Crippen molar-refractivity contribution in [3.8, 4) is 0 Å². The van der Waals surface area contributed by atoms with Crippen LogP contribution in [0.5, 0.6) is 0 Å². The number of fused-ring (bicyclic) bond motifs is 1. The van der Waals surface area contributed by atoms with Crippen molar-refractivity contribution in [1.29, 1.82) is 0 Å². The molecule has 0 saturated heterocycles. The fourth-order valence-electron chi connectivity index (χ4n) is 1.24. The van der Waals surface area contributed by atoms with Crippen LogP contribution in [-0.2, 0) is 0 Å². The van der Waals surface area contributed by atoms with Crippen LogP contribution in [0.15, 0.2) is 18.6 Å². The third kappa shape index (κ3) is 1.54. The maximum atomic E-state index is 10.8. The van der Waals surface area contributed by atoms with Gasteiger partial charge in [0.25, 0.3) is 0 Å². The summed E-state index contributed by atoms with van der Waals surface area (Å²) in [6.07, 6.45) is 2.55. The Labute approximate surface area is 88.4 Å². The van der Waals surface area contributed by atoms with Crippen molar-refractivity contribution >= 4 is 23.0 Å². The summed E-state index contributed by atoms with van der Waals surface area (Å²) in [6, 6.07) is 1.16. The second-order valence-corrected chi connectivity index (χ2v) is 2.92. The molecule has 2 rings (SSSR count). The maximum absolute atomic E-state index is 10.8. The molecule has 7 heteroatoms. The summed E-state index contributed by atoms with van der Waals surface area (Å²) < 4.78 is 0. The van der Waals surface area contributed by atoms with Gasteiger partial charge in [0.05, 0.1) is 17.3 Å². The highest BCUT2D eigenvalue weighted by Crippen LogP contribution is 2.14. The van der Waals surface area contributed by atoms with Gasteiger partial charge < -0.3 is 10.2 Å². The molecular weight excluding hydrogens is 214 g/mol. The van der Waals surface area contributed by atoms with Crippen LogP contribution in [0.3, 0.4) is 0 Å². The highest BCUT2D eigenvalue weighted by Gasteiger charge is 2.19. The molecule has 2 aromatic rings. The van der Waals surface area contributed by atoms with Crippen molar-refractivity contribution in [3.05, 3.63) is 29.8 Å². The van der Waals surface area contributed by atoms with Crippen LogP contribution in [0.1, 0.15) is 20.8 Å². The lowest BCUT2D eigenvalue weighted by molar-refractivity contribution is 0.0647. The molecule has 0 amide bonds. The van der Waals surface area contributed by atoms with Crippen molar-refractivity contribution in [2.45, 2.75) is 0 Å². The van der Waals surface area contributed by atoms with E-state index in [-0.39, 0.29) is 11.0 Å². The van der Waals surface area contributed by atoms with E-state index in [1.807, 2.05) is 0 Å². The molecule has 0 unspecified atom stereocenters. The molecule has 0 aliphatic carbocycles. The molecule has 0 bridgehead atoms. The number of nitrogens with zero attached hydrogens (tertiary/aromatic N) is 3.